The van der Waals surface area contributed by atoms with Crippen LogP contribution in [0.2, 0.25) is 0 Å². The van der Waals surface area contributed by atoms with E-state index in [9.17, 15) is 0 Å². The number of aliphatic carboxylic acids is 4. The summed E-state index contributed by atoms with van der Waals surface area (Å²) in [4.78, 5) is 35.6. The number of hydrogen-bond donors (Lipinski definition) is 0. The maximum Gasteiger partial charge on any atom is 2.00 e. The summed E-state index contributed by atoms with van der Waals surface area (Å²) < 4.78 is 0. The predicted molar refractivity (Wildman–Crippen MR) is 52.5 cm³/mol. The predicted octanol–water partition coefficient (Wildman–Crippen LogP) is -6.82. The second-order valence-corrected chi connectivity index (χ2v) is 1.97. The van der Waals surface area contributed by atoms with Crippen LogP contribution in [-0.2, 0) is 64.9 Å². The summed E-state index contributed by atoms with van der Waals surface area (Å²) in [5.41, 5.74) is 0. The fourth-order valence-corrected chi connectivity index (χ4v) is 0. The van der Waals surface area contributed by atoms with Gasteiger partial charge in [-0.25, -0.2) is 0 Å². The fourth-order valence-electron chi connectivity index (χ4n) is 0. The molecule has 0 aromatic heterocycles. The summed E-state index contributed by atoms with van der Waals surface area (Å²) in [5.74, 6) is -4.33. The van der Waals surface area contributed by atoms with Crippen molar-refractivity contribution in [3.05, 3.63) is 0 Å². The average Bonchev–Trinajstić information content (AvgIpc) is 1.76. The van der Waals surface area contributed by atoms with Gasteiger partial charge in [0.15, 0.2) is 0 Å². The van der Waals surface area contributed by atoms with Crippen LogP contribution in [0.3, 0.4) is 0 Å². The van der Waals surface area contributed by atoms with E-state index in [4.69, 9.17) is 39.6 Å². The minimum absolute atomic E-state index is 0. The molecule has 12 heteroatoms. The molecule has 0 heterocycles. The third-order valence-electron chi connectivity index (χ3n) is 0. The third-order valence-corrected chi connectivity index (χ3v) is 0. The summed E-state index contributed by atoms with van der Waals surface area (Å²) in [7, 11) is 0. The number of carboxylic acid groups (broad SMARTS) is 4. The standard InChI is InChI=1S/4C2H4O2.2Cr.2H2O/c4*1-2(3)4;;;;/h4*1H3,(H,3,4);;;2*1H2/q;;;;2*+2;;/p-2. The molecule has 0 atom stereocenters. The number of carbonyl (C=O) groups is 4. The molecule has 0 spiro atoms. The van der Waals surface area contributed by atoms with E-state index >= 15 is 0 Å². The van der Waals surface area contributed by atoms with Crippen molar-refractivity contribution in [3.8, 4) is 0 Å². The van der Waals surface area contributed by atoms with Gasteiger partial charge in [-0.2, -0.15) is 0 Å². The van der Waals surface area contributed by atoms with E-state index in [1.807, 2.05) is 0 Å². The molecule has 0 saturated heterocycles. The number of rotatable bonds is 0. The van der Waals surface area contributed by atoms with Crippen LogP contribution in [0.15, 0.2) is 0 Å². The van der Waals surface area contributed by atoms with E-state index in [0.717, 1.165) is 27.7 Å². The molecule has 0 aliphatic heterocycles. The Kier molecular flexibility index (Phi) is 110. The number of carboxylic acids is 4. The Morgan fingerprint density at radius 1 is 0.500 bits per heavy atom. The van der Waals surface area contributed by atoms with E-state index in [0.29, 0.717) is 0 Å². The first-order valence-electron chi connectivity index (χ1n) is 3.63. The molecule has 0 bridgehead atoms. The number of carbonyl (C=O) groups excluding carboxylic acids is 4. The summed E-state index contributed by atoms with van der Waals surface area (Å²) >= 11 is 0. The van der Waals surface area contributed by atoms with E-state index in [2.05, 4.69) is 0 Å². The molecule has 20 heavy (non-hydrogen) atoms. The molecule has 120 valence electrons. The molecule has 0 rings (SSSR count). The van der Waals surface area contributed by atoms with Gasteiger partial charge >= 0.3 is 34.7 Å². The van der Waals surface area contributed by atoms with E-state index in [-0.39, 0.29) is 45.7 Å². The molecule has 6 N–H and O–H groups in total. The Hall–Kier alpha value is -1.14. The Bertz CT molecular complexity index is 167. The zero-order chi connectivity index (χ0) is 14.3. The number of hydrogen-bond acceptors (Lipinski definition) is 8. The van der Waals surface area contributed by atoms with Gasteiger partial charge in [-0.1, -0.05) is 0 Å². The molecule has 10 nitrogen and oxygen atoms in total. The fraction of sp³-hybridized carbons (Fsp3) is 0.500. The van der Waals surface area contributed by atoms with Crippen molar-refractivity contribution < 1.29 is 85.3 Å². The van der Waals surface area contributed by atoms with Gasteiger partial charge in [-0.05, 0) is 27.7 Å². The molecule has 0 amide bonds. The molecular formula is C8H18Cr2O10+2. The van der Waals surface area contributed by atoms with Gasteiger partial charge in [0.1, 0.15) is 0 Å². The van der Waals surface area contributed by atoms with Crippen molar-refractivity contribution in [2.24, 2.45) is 0 Å². The second kappa shape index (κ2) is 43.0. The van der Waals surface area contributed by atoms with Crippen molar-refractivity contribution >= 4 is 23.9 Å². The van der Waals surface area contributed by atoms with Gasteiger partial charge in [0.2, 0.25) is 0 Å². The maximum absolute atomic E-state index is 8.89. The summed E-state index contributed by atoms with van der Waals surface area (Å²) in [6.07, 6.45) is 0. The van der Waals surface area contributed by atoms with Crippen LogP contribution >= 0.6 is 0 Å². The normalized spacial score (nSPS) is 5.00. The minimum Gasteiger partial charge on any atom is -0.550 e. The molecule has 0 saturated carbocycles. The summed E-state index contributed by atoms with van der Waals surface area (Å²) in [6.45, 7) is 3.89. The van der Waals surface area contributed by atoms with Crippen LogP contribution in [0.4, 0.5) is 0 Å². The van der Waals surface area contributed by atoms with Gasteiger partial charge in [0.05, 0.1) is 0 Å². The summed E-state index contributed by atoms with van der Waals surface area (Å²) in [6, 6.07) is 0. The first kappa shape index (κ1) is 51.0. The van der Waals surface area contributed by atoms with Crippen LogP contribution in [0.5, 0.6) is 0 Å². The van der Waals surface area contributed by atoms with Crippen molar-refractivity contribution in [3.63, 3.8) is 0 Å². The topological polar surface area (TPSA) is 227 Å². The first-order chi connectivity index (χ1) is 6.93. The zero-order valence-corrected chi connectivity index (χ0v) is 13.8. The van der Waals surface area contributed by atoms with Crippen molar-refractivity contribution in [2.45, 2.75) is 27.7 Å². The maximum atomic E-state index is 8.89. The van der Waals surface area contributed by atoms with Gasteiger partial charge < -0.3 is 50.6 Å². The quantitative estimate of drug-likeness (QED) is 0.367. The largest absolute Gasteiger partial charge is 2.00 e. The van der Waals surface area contributed by atoms with Crippen LogP contribution in [-0.4, -0.2) is 23.9 Å². The smallest absolute Gasteiger partial charge is 0.550 e. The second-order valence-electron chi connectivity index (χ2n) is 1.97. The third kappa shape index (κ3) is 3290. The zero-order valence-electron chi connectivity index (χ0n) is 11.2. The van der Waals surface area contributed by atoms with Gasteiger partial charge in [0, 0.05) is 23.9 Å². The Morgan fingerprint density at radius 2 is 0.500 bits per heavy atom. The molecule has 0 unspecified atom stereocenters. The van der Waals surface area contributed by atoms with Crippen molar-refractivity contribution in [1.82, 2.24) is 0 Å². The van der Waals surface area contributed by atoms with Crippen LogP contribution < -0.4 is 20.4 Å². The molecular weight excluding hydrogens is 360 g/mol. The first-order valence-corrected chi connectivity index (χ1v) is 3.63. The van der Waals surface area contributed by atoms with Crippen LogP contribution in [0.1, 0.15) is 27.7 Å². The molecule has 0 aromatic carbocycles. The van der Waals surface area contributed by atoms with E-state index < -0.39 is 23.9 Å². The van der Waals surface area contributed by atoms with Crippen molar-refractivity contribution in [2.75, 3.05) is 0 Å². The Morgan fingerprint density at radius 3 is 0.500 bits per heavy atom. The molecule has 0 aromatic rings. The van der Waals surface area contributed by atoms with Crippen molar-refractivity contribution in [1.29, 1.82) is 0 Å². The molecule has 0 radical (unpaired) electrons. The van der Waals surface area contributed by atoms with E-state index in [1.165, 1.54) is 0 Å². The molecule has 0 fully saturated rings. The molecule has 0 aliphatic rings. The summed E-state index contributed by atoms with van der Waals surface area (Å²) in [5, 5.41) is 35.6. The average molecular weight is 378 g/mol. The van der Waals surface area contributed by atoms with Gasteiger partial charge in [0.25, 0.3) is 0 Å². The van der Waals surface area contributed by atoms with Crippen LogP contribution in [0.25, 0.3) is 0 Å². The SMILES string of the molecule is CC(=O)[O-].CC(=O)[O-].CC(=O)[O-].CC(=O)[O-].[Cr+2].[Cr+2].[OH3+].[OH3+]. The monoisotopic (exact) mass is 378 g/mol. The minimum atomic E-state index is -1.08. The Labute approximate surface area is 137 Å². The van der Waals surface area contributed by atoms with Gasteiger partial charge in [-0.15, -0.1) is 0 Å². The van der Waals surface area contributed by atoms with Gasteiger partial charge in [-0.3, -0.25) is 0 Å². The van der Waals surface area contributed by atoms with E-state index in [1.54, 1.807) is 0 Å². The Balaban J connectivity index is -0.0000000150. The van der Waals surface area contributed by atoms with Crippen LogP contribution in [0, 0.1) is 0 Å². The molecule has 0 aliphatic carbocycles.